The Hall–Kier alpha value is -1.48. The SMILES string of the molecule is CC=CCOc1ccc2c(c1)OC(C)(C)CC2NC. The van der Waals surface area contributed by atoms with Gasteiger partial charge in [-0.1, -0.05) is 18.2 Å². The average molecular weight is 261 g/mol. The molecular weight excluding hydrogens is 238 g/mol. The molecule has 1 heterocycles. The molecule has 0 aliphatic carbocycles. The monoisotopic (exact) mass is 261 g/mol. The van der Waals surface area contributed by atoms with Gasteiger partial charge in [-0.2, -0.15) is 0 Å². The zero-order chi connectivity index (χ0) is 13.9. The van der Waals surface area contributed by atoms with Gasteiger partial charge in [0.2, 0.25) is 0 Å². The van der Waals surface area contributed by atoms with Gasteiger partial charge in [-0.05, 0) is 33.9 Å². The van der Waals surface area contributed by atoms with Crippen LogP contribution < -0.4 is 14.8 Å². The summed E-state index contributed by atoms with van der Waals surface area (Å²) in [7, 11) is 1.99. The number of fused-ring (bicyclic) bond motifs is 1. The van der Waals surface area contributed by atoms with Crippen LogP contribution in [0.1, 0.15) is 38.8 Å². The van der Waals surface area contributed by atoms with E-state index in [0.29, 0.717) is 12.6 Å². The van der Waals surface area contributed by atoms with Crippen LogP contribution in [0.3, 0.4) is 0 Å². The van der Waals surface area contributed by atoms with Crippen molar-refractivity contribution in [2.24, 2.45) is 0 Å². The fourth-order valence-electron chi connectivity index (χ4n) is 2.42. The fourth-order valence-corrected chi connectivity index (χ4v) is 2.42. The Bertz CT molecular complexity index is 466. The van der Waals surface area contributed by atoms with E-state index >= 15 is 0 Å². The summed E-state index contributed by atoms with van der Waals surface area (Å²) in [5.74, 6) is 1.78. The third-order valence-electron chi connectivity index (χ3n) is 3.37. The number of nitrogens with one attached hydrogen (secondary N) is 1. The quantitative estimate of drug-likeness (QED) is 0.842. The van der Waals surface area contributed by atoms with Crippen LogP contribution in [0.5, 0.6) is 11.5 Å². The Balaban J connectivity index is 2.23. The molecule has 3 heteroatoms. The van der Waals surface area contributed by atoms with E-state index in [0.717, 1.165) is 17.9 Å². The number of hydrogen-bond donors (Lipinski definition) is 1. The minimum atomic E-state index is -0.150. The molecule has 1 aliphatic rings. The van der Waals surface area contributed by atoms with Crippen LogP contribution in [-0.2, 0) is 0 Å². The highest BCUT2D eigenvalue weighted by Crippen LogP contribution is 2.40. The molecule has 3 nitrogen and oxygen atoms in total. The van der Waals surface area contributed by atoms with Gasteiger partial charge in [0.05, 0.1) is 0 Å². The van der Waals surface area contributed by atoms with Crippen molar-refractivity contribution in [2.45, 2.75) is 38.8 Å². The fraction of sp³-hybridized carbons (Fsp3) is 0.500. The zero-order valence-corrected chi connectivity index (χ0v) is 12.2. The summed E-state index contributed by atoms with van der Waals surface area (Å²) in [5.41, 5.74) is 1.06. The zero-order valence-electron chi connectivity index (χ0n) is 12.2. The van der Waals surface area contributed by atoms with Gasteiger partial charge >= 0.3 is 0 Å². The third-order valence-corrected chi connectivity index (χ3v) is 3.37. The van der Waals surface area contributed by atoms with Crippen molar-refractivity contribution in [3.8, 4) is 11.5 Å². The lowest BCUT2D eigenvalue weighted by atomic mass is 9.90. The summed E-state index contributed by atoms with van der Waals surface area (Å²) in [5, 5.41) is 3.36. The average Bonchev–Trinajstić information content (AvgIpc) is 2.36. The predicted octanol–water partition coefficient (Wildman–Crippen LogP) is 3.46. The van der Waals surface area contributed by atoms with Crippen LogP contribution >= 0.6 is 0 Å². The van der Waals surface area contributed by atoms with E-state index in [1.807, 2.05) is 38.3 Å². The van der Waals surface area contributed by atoms with Gasteiger partial charge < -0.3 is 14.8 Å². The molecule has 1 aliphatic heterocycles. The lowest BCUT2D eigenvalue weighted by Crippen LogP contribution is -2.38. The first-order chi connectivity index (χ1) is 9.05. The Morgan fingerprint density at radius 2 is 2.26 bits per heavy atom. The Kier molecular flexibility index (Phi) is 4.15. The lowest BCUT2D eigenvalue weighted by molar-refractivity contribution is 0.0671. The molecule has 0 saturated heterocycles. The van der Waals surface area contributed by atoms with Gasteiger partial charge in [0.1, 0.15) is 23.7 Å². The highest BCUT2D eigenvalue weighted by molar-refractivity contribution is 5.44. The van der Waals surface area contributed by atoms with Gasteiger partial charge in [-0.15, -0.1) is 0 Å². The molecule has 1 N–H and O–H groups in total. The van der Waals surface area contributed by atoms with Crippen molar-refractivity contribution in [1.29, 1.82) is 0 Å². The molecule has 0 amide bonds. The maximum atomic E-state index is 6.06. The molecule has 0 aromatic heterocycles. The van der Waals surface area contributed by atoms with Crippen LogP contribution in [0.2, 0.25) is 0 Å². The number of hydrogen-bond acceptors (Lipinski definition) is 3. The second-order valence-electron chi connectivity index (χ2n) is 5.49. The van der Waals surface area contributed by atoms with Crippen LogP contribution in [0, 0.1) is 0 Å². The highest BCUT2D eigenvalue weighted by Gasteiger charge is 2.33. The summed E-state index contributed by atoms with van der Waals surface area (Å²) in [6.07, 6.45) is 4.94. The largest absolute Gasteiger partial charge is 0.489 e. The molecule has 0 fully saturated rings. The molecule has 0 saturated carbocycles. The maximum absolute atomic E-state index is 6.06. The van der Waals surface area contributed by atoms with E-state index in [1.54, 1.807) is 0 Å². The van der Waals surface area contributed by atoms with Crippen molar-refractivity contribution in [1.82, 2.24) is 5.32 Å². The standard InChI is InChI=1S/C16H23NO2/c1-5-6-9-18-12-7-8-13-14(17-4)11-16(2,3)19-15(13)10-12/h5-8,10,14,17H,9,11H2,1-4H3. The first-order valence-corrected chi connectivity index (χ1v) is 6.80. The van der Waals surface area contributed by atoms with Crippen molar-refractivity contribution in [3.05, 3.63) is 35.9 Å². The molecule has 0 spiro atoms. The van der Waals surface area contributed by atoms with Gasteiger partial charge in [-0.3, -0.25) is 0 Å². The van der Waals surface area contributed by atoms with E-state index in [1.165, 1.54) is 5.56 Å². The number of allylic oxidation sites excluding steroid dienone is 1. The van der Waals surface area contributed by atoms with Crippen molar-refractivity contribution in [3.63, 3.8) is 0 Å². The summed E-state index contributed by atoms with van der Waals surface area (Å²) >= 11 is 0. The van der Waals surface area contributed by atoms with E-state index in [-0.39, 0.29) is 5.60 Å². The van der Waals surface area contributed by atoms with Gasteiger partial charge in [-0.25, -0.2) is 0 Å². The first kappa shape index (κ1) is 13.9. The Morgan fingerprint density at radius 3 is 2.95 bits per heavy atom. The van der Waals surface area contributed by atoms with Crippen molar-refractivity contribution >= 4 is 0 Å². The molecule has 0 radical (unpaired) electrons. The topological polar surface area (TPSA) is 30.5 Å². The number of ether oxygens (including phenoxy) is 2. The molecule has 1 atom stereocenters. The molecule has 104 valence electrons. The summed E-state index contributed by atoms with van der Waals surface area (Å²) < 4.78 is 11.7. The molecule has 1 aromatic carbocycles. The number of benzene rings is 1. The van der Waals surface area contributed by atoms with Crippen LogP contribution in [-0.4, -0.2) is 19.3 Å². The molecule has 0 bridgehead atoms. The van der Waals surface area contributed by atoms with E-state index in [2.05, 4.69) is 25.2 Å². The summed E-state index contributed by atoms with van der Waals surface area (Å²) in [6.45, 7) is 6.81. The van der Waals surface area contributed by atoms with E-state index in [9.17, 15) is 0 Å². The Morgan fingerprint density at radius 1 is 1.47 bits per heavy atom. The van der Waals surface area contributed by atoms with Crippen molar-refractivity contribution < 1.29 is 9.47 Å². The van der Waals surface area contributed by atoms with Gasteiger partial charge in [0.25, 0.3) is 0 Å². The molecule has 19 heavy (non-hydrogen) atoms. The summed E-state index contributed by atoms with van der Waals surface area (Å²) in [4.78, 5) is 0. The second-order valence-corrected chi connectivity index (χ2v) is 5.49. The molecular formula is C16H23NO2. The number of rotatable bonds is 4. The Labute approximate surface area is 115 Å². The van der Waals surface area contributed by atoms with Crippen LogP contribution in [0.25, 0.3) is 0 Å². The first-order valence-electron chi connectivity index (χ1n) is 6.80. The normalized spacial score (nSPS) is 20.9. The van der Waals surface area contributed by atoms with E-state index < -0.39 is 0 Å². The van der Waals surface area contributed by atoms with Crippen LogP contribution in [0.15, 0.2) is 30.4 Å². The van der Waals surface area contributed by atoms with Crippen LogP contribution in [0.4, 0.5) is 0 Å². The summed E-state index contributed by atoms with van der Waals surface area (Å²) in [6, 6.07) is 6.43. The second kappa shape index (κ2) is 5.66. The highest BCUT2D eigenvalue weighted by atomic mass is 16.5. The van der Waals surface area contributed by atoms with Crippen molar-refractivity contribution in [2.75, 3.05) is 13.7 Å². The predicted molar refractivity (Wildman–Crippen MR) is 77.9 cm³/mol. The van der Waals surface area contributed by atoms with Gasteiger partial charge in [0, 0.05) is 24.1 Å². The smallest absolute Gasteiger partial charge is 0.128 e. The molecule has 2 rings (SSSR count). The lowest BCUT2D eigenvalue weighted by Gasteiger charge is -2.37. The maximum Gasteiger partial charge on any atom is 0.128 e. The molecule has 1 aromatic rings. The minimum Gasteiger partial charge on any atom is -0.489 e. The third kappa shape index (κ3) is 3.29. The van der Waals surface area contributed by atoms with E-state index in [4.69, 9.17) is 9.47 Å². The molecule has 1 unspecified atom stereocenters. The minimum absolute atomic E-state index is 0.150. The van der Waals surface area contributed by atoms with Gasteiger partial charge in [0.15, 0.2) is 0 Å².